The summed E-state index contributed by atoms with van der Waals surface area (Å²) in [5.41, 5.74) is 0. The third-order valence-electron chi connectivity index (χ3n) is 8.01. The third kappa shape index (κ3) is 6.57. The van der Waals surface area contributed by atoms with Crippen LogP contribution in [0.3, 0.4) is 0 Å². The van der Waals surface area contributed by atoms with Crippen molar-refractivity contribution in [1.29, 1.82) is 0 Å². The summed E-state index contributed by atoms with van der Waals surface area (Å²) in [6.45, 7) is 0. The predicted molar refractivity (Wildman–Crippen MR) is 131 cm³/mol. The Morgan fingerprint density at radius 1 is 0.688 bits per heavy atom. The lowest BCUT2D eigenvalue weighted by atomic mass is 10.0. The molecule has 0 amide bonds. The standard InChI is InChI=1S/C24H40N2O4S2/c1-25-17-7-8-18(25)14-21(13-17)29-23(27)5-3-11-31-32-12-4-6-24(28)30-22-15-19-9-10-20(16-22)26(19)2/h17-22H,3-16H2,1-2H3. The lowest BCUT2D eigenvalue weighted by molar-refractivity contribution is -0.153. The molecular formula is C24H40N2O4S2. The number of carbonyl (C=O) groups excluding carboxylic acids is 2. The van der Waals surface area contributed by atoms with Crippen LogP contribution >= 0.6 is 21.6 Å². The molecular weight excluding hydrogens is 444 g/mol. The van der Waals surface area contributed by atoms with E-state index in [-0.39, 0.29) is 24.1 Å². The second kappa shape index (κ2) is 11.8. The minimum Gasteiger partial charge on any atom is -0.462 e. The Hall–Kier alpha value is -0.440. The summed E-state index contributed by atoms with van der Waals surface area (Å²) in [7, 11) is 8.00. The first-order chi connectivity index (χ1) is 15.5. The quantitative estimate of drug-likeness (QED) is 0.245. The lowest BCUT2D eigenvalue weighted by Gasteiger charge is -2.35. The average molecular weight is 485 g/mol. The molecule has 4 unspecified atom stereocenters. The van der Waals surface area contributed by atoms with Crippen LogP contribution in [0.5, 0.6) is 0 Å². The maximum Gasteiger partial charge on any atom is 0.306 e. The van der Waals surface area contributed by atoms with Crippen LogP contribution in [-0.4, -0.2) is 83.7 Å². The largest absolute Gasteiger partial charge is 0.462 e. The Kier molecular flexibility index (Phi) is 9.10. The molecule has 0 spiro atoms. The Labute approximate surface area is 201 Å². The average Bonchev–Trinajstić information content (AvgIpc) is 3.09. The molecule has 0 saturated carbocycles. The number of hydrogen-bond acceptors (Lipinski definition) is 8. The molecule has 0 aliphatic carbocycles. The minimum atomic E-state index is -0.0327. The van der Waals surface area contributed by atoms with Crippen LogP contribution in [0.1, 0.15) is 77.0 Å². The van der Waals surface area contributed by atoms with E-state index in [0.29, 0.717) is 37.0 Å². The molecule has 182 valence electrons. The van der Waals surface area contributed by atoms with Crippen molar-refractivity contribution < 1.29 is 19.1 Å². The van der Waals surface area contributed by atoms with Crippen molar-refractivity contribution in [3.8, 4) is 0 Å². The molecule has 4 bridgehead atoms. The fourth-order valence-electron chi connectivity index (χ4n) is 6.07. The van der Waals surface area contributed by atoms with Gasteiger partial charge >= 0.3 is 11.9 Å². The van der Waals surface area contributed by atoms with E-state index in [9.17, 15) is 9.59 Å². The molecule has 6 nitrogen and oxygen atoms in total. The van der Waals surface area contributed by atoms with Crippen molar-refractivity contribution in [2.45, 2.75) is 113 Å². The molecule has 4 saturated heterocycles. The number of hydrogen-bond donors (Lipinski definition) is 0. The van der Waals surface area contributed by atoms with E-state index >= 15 is 0 Å². The monoisotopic (exact) mass is 484 g/mol. The van der Waals surface area contributed by atoms with Gasteiger partial charge in [0, 0.05) is 48.5 Å². The number of esters is 2. The van der Waals surface area contributed by atoms with Crippen molar-refractivity contribution >= 4 is 33.5 Å². The molecule has 4 fully saturated rings. The zero-order chi connectivity index (χ0) is 22.5. The second-order valence-electron chi connectivity index (χ2n) is 10.1. The maximum absolute atomic E-state index is 12.2. The molecule has 8 heteroatoms. The topological polar surface area (TPSA) is 59.1 Å². The van der Waals surface area contributed by atoms with Crippen LogP contribution in [0.2, 0.25) is 0 Å². The van der Waals surface area contributed by atoms with E-state index in [2.05, 4.69) is 23.9 Å². The highest BCUT2D eigenvalue weighted by Crippen LogP contribution is 2.36. The summed E-state index contributed by atoms with van der Waals surface area (Å²) in [5, 5.41) is 0. The van der Waals surface area contributed by atoms with Crippen molar-refractivity contribution in [2.75, 3.05) is 25.6 Å². The molecule has 4 aliphatic heterocycles. The van der Waals surface area contributed by atoms with Gasteiger partial charge in [-0.15, -0.1) is 0 Å². The molecule has 0 radical (unpaired) electrons. The van der Waals surface area contributed by atoms with Crippen molar-refractivity contribution in [3.63, 3.8) is 0 Å². The summed E-state index contributed by atoms with van der Waals surface area (Å²) < 4.78 is 11.5. The van der Waals surface area contributed by atoms with Crippen LogP contribution in [0.15, 0.2) is 0 Å². The van der Waals surface area contributed by atoms with Gasteiger partial charge in [0.25, 0.3) is 0 Å². The number of ether oxygens (including phenoxy) is 2. The van der Waals surface area contributed by atoms with Crippen LogP contribution in [0, 0.1) is 0 Å². The summed E-state index contributed by atoms with van der Waals surface area (Å²) in [6.07, 6.45) is 12.0. The van der Waals surface area contributed by atoms with Gasteiger partial charge in [-0.1, -0.05) is 21.6 Å². The van der Waals surface area contributed by atoms with E-state index in [4.69, 9.17) is 9.47 Å². The fourth-order valence-corrected chi connectivity index (χ4v) is 8.25. The smallest absolute Gasteiger partial charge is 0.306 e. The van der Waals surface area contributed by atoms with E-state index in [1.165, 1.54) is 25.7 Å². The molecule has 0 aromatic heterocycles. The van der Waals surface area contributed by atoms with Gasteiger partial charge in [0.2, 0.25) is 0 Å². The first kappa shape index (κ1) is 24.7. The van der Waals surface area contributed by atoms with Gasteiger partial charge in [0.05, 0.1) is 0 Å². The Morgan fingerprint density at radius 3 is 1.38 bits per heavy atom. The number of fused-ring (bicyclic) bond motifs is 4. The fraction of sp³-hybridized carbons (Fsp3) is 0.917. The van der Waals surface area contributed by atoms with Crippen molar-refractivity contribution in [3.05, 3.63) is 0 Å². The number of piperidine rings is 2. The number of carbonyl (C=O) groups is 2. The van der Waals surface area contributed by atoms with Gasteiger partial charge in [-0.25, -0.2) is 0 Å². The zero-order valence-electron chi connectivity index (χ0n) is 19.7. The number of nitrogens with zero attached hydrogens (tertiary/aromatic N) is 2. The second-order valence-corrected chi connectivity index (χ2v) is 12.8. The predicted octanol–water partition coefficient (Wildman–Crippen LogP) is 4.27. The highest BCUT2D eigenvalue weighted by molar-refractivity contribution is 8.76. The van der Waals surface area contributed by atoms with Crippen molar-refractivity contribution in [1.82, 2.24) is 9.80 Å². The summed E-state index contributed by atoms with van der Waals surface area (Å²) >= 11 is 0. The summed E-state index contributed by atoms with van der Waals surface area (Å²) in [6, 6.07) is 2.43. The third-order valence-corrected chi connectivity index (χ3v) is 10.6. The Morgan fingerprint density at radius 2 is 1.03 bits per heavy atom. The highest BCUT2D eigenvalue weighted by Gasteiger charge is 2.40. The van der Waals surface area contributed by atoms with Gasteiger partial charge in [0.1, 0.15) is 12.2 Å². The first-order valence-corrected chi connectivity index (χ1v) is 15.1. The molecule has 4 atom stereocenters. The van der Waals surface area contributed by atoms with Gasteiger partial charge in [-0.3, -0.25) is 9.59 Å². The Balaban J connectivity index is 0.969. The molecule has 32 heavy (non-hydrogen) atoms. The van der Waals surface area contributed by atoms with E-state index in [1.54, 1.807) is 21.6 Å². The minimum absolute atomic E-state index is 0.0327. The van der Waals surface area contributed by atoms with Crippen LogP contribution in [0.25, 0.3) is 0 Å². The maximum atomic E-state index is 12.2. The van der Waals surface area contributed by atoms with Gasteiger partial charge in [-0.05, 0) is 78.3 Å². The van der Waals surface area contributed by atoms with Crippen LogP contribution < -0.4 is 0 Å². The highest BCUT2D eigenvalue weighted by atomic mass is 33.1. The van der Waals surface area contributed by atoms with Gasteiger partial charge in [-0.2, -0.15) is 0 Å². The molecule has 4 heterocycles. The van der Waals surface area contributed by atoms with Crippen molar-refractivity contribution in [2.24, 2.45) is 0 Å². The summed E-state index contributed by atoms with van der Waals surface area (Å²) in [5.74, 6) is 1.83. The molecule has 4 aliphatic rings. The summed E-state index contributed by atoms with van der Waals surface area (Å²) in [4.78, 5) is 29.3. The van der Waals surface area contributed by atoms with E-state index in [0.717, 1.165) is 50.0 Å². The molecule has 4 rings (SSSR count). The first-order valence-electron chi connectivity index (χ1n) is 12.6. The SMILES string of the molecule is CN1C2CCC1CC(OC(=O)CCCSSCCCC(=O)OC1CC3CCC(C1)N3C)C2. The van der Waals surface area contributed by atoms with Crippen LogP contribution in [0.4, 0.5) is 0 Å². The number of rotatable bonds is 11. The molecule has 0 N–H and O–H groups in total. The normalized spacial score (nSPS) is 34.6. The molecule has 0 aromatic carbocycles. The Bertz CT molecular complexity index is 569. The zero-order valence-corrected chi connectivity index (χ0v) is 21.3. The van der Waals surface area contributed by atoms with Gasteiger partial charge < -0.3 is 19.3 Å². The van der Waals surface area contributed by atoms with Gasteiger partial charge in [0.15, 0.2) is 0 Å². The van der Waals surface area contributed by atoms with E-state index < -0.39 is 0 Å². The van der Waals surface area contributed by atoms with E-state index in [1.807, 2.05) is 0 Å². The molecule has 0 aromatic rings. The van der Waals surface area contributed by atoms with Crippen LogP contribution in [-0.2, 0) is 19.1 Å². The lowest BCUT2D eigenvalue weighted by Crippen LogP contribution is -2.43.